The van der Waals surface area contributed by atoms with Crippen LogP contribution in [-0.4, -0.2) is 24.5 Å². The molecule has 1 aromatic heterocycles. The molecule has 0 unspecified atom stereocenters. The minimum atomic E-state index is -3.77. The molecule has 6 nitrogen and oxygen atoms in total. The van der Waals surface area contributed by atoms with Crippen molar-refractivity contribution in [1.29, 1.82) is 0 Å². The van der Waals surface area contributed by atoms with Crippen LogP contribution in [0.1, 0.15) is 25.8 Å². The quantitative estimate of drug-likeness (QED) is 0.875. The van der Waals surface area contributed by atoms with Gasteiger partial charge in [-0.05, 0) is 31.5 Å². The van der Waals surface area contributed by atoms with Gasteiger partial charge in [-0.25, -0.2) is 22.9 Å². The van der Waals surface area contributed by atoms with Gasteiger partial charge in [-0.1, -0.05) is 6.07 Å². The number of rotatable bonds is 5. The molecule has 0 aliphatic heterocycles. The summed E-state index contributed by atoms with van der Waals surface area (Å²) in [5.41, 5.74) is 0.486. The second-order valence-corrected chi connectivity index (χ2v) is 7.56. The number of aryl methyl sites for hydroxylation is 2. The Kier molecular flexibility index (Phi) is 4.40. The molecule has 0 saturated carbocycles. The lowest BCUT2D eigenvalue weighted by molar-refractivity contribution is 0.0696. The summed E-state index contributed by atoms with van der Waals surface area (Å²) in [4.78, 5) is 16.1. The number of nitrogens with zero attached hydrogens (tertiary/aromatic N) is 1. The zero-order valence-corrected chi connectivity index (χ0v) is 13.1. The largest absolute Gasteiger partial charge is 0.478 e. The van der Waals surface area contributed by atoms with E-state index in [0.29, 0.717) is 10.6 Å². The lowest BCUT2D eigenvalue weighted by atomic mass is 10.1. The molecule has 21 heavy (non-hydrogen) atoms. The van der Waals surface area contributed by atoms with Crippen molar-refractivity contribution in [2.75, 3.05) is 0 Å². The molecule has 0 spiro atoms. The van der Waals surface area contributed by atoms with E-state index in [4.69, 9.17) is 5.11 Å². The molecule has 0 fully saturated rings. The SMILES string of the molecule is Cc1cnc(CNS(=O)(=O)c2ccc(C)c(C(=O)O)c2)s1. The van der Waals surface area contributed by atoms with E-state index in [0.717, 1.165) is 10.9 Å². The lowest BCUT2D eigenvalue weighted by Gasteiger charge is -2.07. The molecular formula is C13H14N2O4S2. The standard InChI is InChI=1S/C13H14N2O4S2/c1-8-3-4-10(5-11(8)13(16)17)21(18,19)15-7-12-14-6-9(2)20-12/h3-6,15H,7H2,1-2H3,(H,16,17). The van der Waals surface area contributed by atoms with Crippen molar-refractivity contribution in [3.8, 4) is 0 Å². The van der Waals surface area contributed by atoms with Crippen LogP contribution >= 0.6 is 11.3 Å². The first-order valence-electron chi connectivity index (χ1n) is 6.04. The third-order valence-electron chi connectivity index (χ3n) is 2.83. The van der Waals surface area contributed by atoms with Gasteiger partial charge in [0.25, 0.3) is 0 Å². The summed E-state index contributed by atoms with van der Waals surface area (Å²) in [6.07, 6.45) is 1.67. The highest BCUT2D eigenvalue weighted by Crippen LogP contribution is 2.17. The molecule has 0 saturated heterocycles. The summed E-state index contributed by atoms with van der Waals surface area (Å²) in [5.74, 6) is -1.15. The molecular weight excluding hydrogens is 312 g/mol. The highest BCUT2D eigenvalue weighted by molar-refractivity contribution is 7.89. The number of thiazole rings is 1. The van der Waals surface area contributed by atoms with Gasteiger partial charge in [-0.15, -0.1) is 11.3 Å². The number of hydrogen-bond donors (Lipinski definition) is 2. The van der Waals surface area contributed by atoms with Gasteiger partial charge < -0.3 is 5.11 Å². The van der Waals surface area contributed by atoms with Crippen molar-refractivity contribution in [2.24, 2.45) is 0 Å². The summed E-state index contributed by atoms with van der Waals surface area (Å²) < 4.78 is 26.8. The van der Waals surface area contributed by atoms with E-state index >= 15 is 0 Å². The maximum atomic E-state index is 12.2. The third-order valence-corrected chi connectivity index (χ3v) is 5.14. The van der Waals surface area contributed by atoms with Crippen LogP contribution in [0, 0.1) is 13.8 Å². The summed E-state index contributed by atoms with van der Waals surface area (Å²) >= 11 is 1.40. The van der Waals surface area contributed by atoms with Gasteiger partial charge in [0, 0.05) is 11.1 Å². The minimum Gasteiger partial charge on any atom is -0.478 e. The van der Waals surface area contributed by atoms with Gasteiger partial charge in [0.15, 0.2) is 0 Å². The molecule has 0 aliphatic carbocycles. The number of sulfonamides is 1. The molecule has 1 heterocycles. The predicted molar refractivity (Wildman–Crippen MR) is 79.0 cm³/mol. The van der Waals surface area contributed by atoms with E-state index in [1.807, 2.05) is 6.92 Å². The molecule has 0 aliphatic rings. The van der Waals surface area contributed by atoms with Crippen LogP contribution < -0.4 is 4.72 Å². The average molecular weight is 326 g/mol. The smallest absolute Gasteiger partial charge is 0.335 e. The summed E-state index contributed by atoms with van der Waals surface area (Å²) in [5, 5.41) is 9.70. The molecule has 0 amide bonds. The van der Waals surface area contributed by atoms with Crippen LogP contribution in [0.5, 0.6) is 0 Å². The molecule has 1 aromatic carbocycles. The first-order chi connectivity index (χ1) is 9.79. The Morgan fingerprint density at radius 2 is 2.10 bits per heavy atom. The van der Waals surface area contributed by atoms with Gasteiger partial charge >= 0.3 is 5.97 Å². The maximum absolute atomic E-state index is 12.2. The van der Waals surface area contributed by atoms with Crippen molar-refractivity contribution in [3.05, 3.63) is 45.4 Å². The van der Waals surface area contributed by atoms with Crippen molar-refractivity contribution in [3.63, 3.8) is 0 Å². The topological polar surface area (TPSA) is 96.4 Å². The van der Waals surface area contributed by atoms with E-state index < -0.39 is 16.0 Å². The van der Waals surface area contributed by atoms with Crippen LogP contribution in [-0.2, 0) is 16.6 Å². The molecule has 8 heteroatoms. The fourth-order valence-corrected chi connectivity index (χ4v) is 3.55. The molecule has 2 N–H and O–H groups in total. The average Bonchev–Trinajstić information content (AvgIpc) is 2.82. The monoisotopic (exact) mass is 326 g/mol. The summed E-state index contributed by atoms with van der Waals surface area (Å²) in [6, 6.07) is 4.02. The molecule has 0 bridgehead atoms. The number of aromatic carboxylic acids is 1. The fraction of sp³-hybridized carbons (Fsp3) is 0.231. The van der Waals surface area contributed by atoms with Gasteiger partial charge in [0.05, 0.1) is 17.0 Å². The number of aromatic nitrogens is 1. The number of benzene rings is 1. The Hall–Kier alpha value is -1.77. The van der Waals surface area contributed by atoms with Gasteiger partial charge in [-0.3, -0.25) is 0 Å². The lowest BCUT2D eigenvalue weighted by Crippen LogP contribution is -2.23. The number of carbonyl (C=O) groups is 1. The predicted octanol–water partition coefficient (Wildman–Crippen LogP) is 1.94. The second-order valence-electron chi connectivity index (χ2n) is 4.47. The van der Waals surface area contributed by atoms with Gasteiger partial charge in [0.1, 0.15) is 5.01 Å². The van der Waals surface area contributed by atoms with Gasteiger partial charge in [-0.2, -0.15) is 0 Å². The Labute approximate surface area is 126 Å². The fourth-order valence-electron chi connectivity index (χ4n) is 1.72. The highest BCUT2D eigenvalue weighted by atomic mass is 32.2. The zero-order chi connectivity index (χ0) is 15.6. The number of carboxylic acid groups (broad SMARTS) is 1. The highest BCUT2D eigenvalue weighted by Gasteiger charge is 2.18. The number of carboxylic acids is 1. The van der Waals surface area contributed by atoms with Crippen LogP contribution in [0.15, 0.2) is 29.3 Å². The van der Waals surface area contributed by atoms with E-state index in [1.54, 1.807) is 13.1 Å². The molecule has 2 aromatic rings. The summed E-state index contributed by atoms with van der Waals surface area (Å²) in [6.45, 7) is 3.58. The molecule has 0 radical (unpaired) electrons. The molecule has 2 rings (SSSR count). The second kappa shape index (κ2) is 5.92. The van der Waals surface area contributed by atoms with Crippen molar-refractivity contribution in [1.82, 2.24) is 9.71 Å². The van der Waals surface area contributed by atoms with E-state index in [1.165, 1.54) is 23.5 Å². The van der Waals surface area contributed by atoms with E-state index in [2.05, 4.69) is 9.71 Å². The number of nitrogens with one attached hydrogen (secondary N) is 1. The van der Waals surface area contributed by atoms with Crippen molar-refractivity contribution < 1.29 is 18.3 Å². The van der Waals surface area contributed by atoms with Gasteiger partial charge in [0.2, 0.25) is 10.0 Å². The van der Waals surface area contributed by atoms with Crippen LogP contribution in [0.2, 0.25) is 0 Å². The maximum Gasteiger partial charge on any atom is 0.335 e. The molecule has 0 atom stereocenters. The minimum absolute atomic E-state index is 0.0250. The Morgan fingerprint density at radius 3 is 2.67 bits per heavy atom. The van der Waals surface area contributed by atoms with Crippen molar-refractivity contribution >= 4 is 27.3 Å². The first kappa shape index (κ1) is 15.6. The Balaban J connectivity index is 2.23. The number of hydrogen-bond acceptors (Lipinski definition) is 5. The Morgan fingerprint density at radius 1 is 1.38 bits per heavy atom. The first-order valence-corrected chi connectivity index (χ1v) is 8.34. The van der Waals surface area contributed by atoms with Crippen LogP contribution in [0.4, 0.5) is 0 Å². The normalized spacial score (nSPS) is 11.5. The van der Waals surface area contributed by atoms with Crippen molar-refractivity contribution in [2.45, 2.75) is 25.3 Å². The van der Waals surface area contributed by atoms with Crippen LogP contribution in [0.3, 0.4) is 0 Å². The van der Waals surface area contributed by atoms with E-state index in [-0.39, 0.29) is 17.0 Å². The van der Waals surface area contributed by atoms with Crippen LogP contribution in [0.25, 0.3) is 0 Å². The summed E-state index contributed by atoms with van der Waals surface area (Å²) in [7, 11) is -3.77. The Bertz CT molecular complexity index is 781. The molecule has 112 valence electrons. The zero-order valence-electron chi connectivity index (χ0n) is 11.5. The van der Waals surface area contributed by atoms with E-state index in [9.17, 15) is 13.2 Å². The third kappa shape index (κ3) is 3.66.